The van der Waals surface area contributed by atoms with Gasteiger partial charge in [0.2, 0.25) is 0 Å². The maximum Gasteiger partial charge on any atom is 0.0749 e. The molecule has 0 bridgehead atoms. The third kappa shape index (κ3) is 3.62. The standard InChI is InChI=1S/C14H19BrClNO/c1-17(10-13-4-2-3-7-18-13)14-6-5-12(15)8-11(14)9-16/h5-6,8,13H,2-4,7,9-10H2,1H3. The molecule has 0 spiro atoms. The fourth-order valence-electron chi connectivity index (χ4n) is 2.39. The highest BCUT2D eigenvalue weighted by atomic mass is 79.9. The van der Waals surface area contributed by atoms with Crippen molar-refractivity contribution in [3.05, 3.63) is 28.2 Å². The molecule has 1 unspecified atom stereocenters. The summed E-state index contributed by atoms with van der Waals surface area (Å²) in [4.78, 5) is 2.25. The van der Waals surface area contributed by atoms with Crippen molar-refractivity contribution in [2.45, 2.75) is 31.2 Å². The number of hydrogen-bond acceptors (Lipinski definition) is 2. The molecule has 1 aromatic carbocycles. The number of ether oxygens (including phenoxy) is 1. The summed E-state index contributed by atoms with van der Waals surface area (Å²) in [5.74, 6) is 0.532. The number of nitrogens with zero attached hydrogens (tertiary/aromatic N) is 1. The SMILES string of the molecule is CN(CC1CCCCO1)c1ccc(Br)cc1CCl. The van der Waals surface area contributed by atoms with Gasteiger partial charge in [-0.05, 0) is 43.0 Å². The summed E-state index contributed by atoms with van der Waals surface area (Å²) in [5.41, 5.74) is 2.35. The van der Waals surface area contributed by atoms with E-state index in [0.717, 1.165) is 29.6 Å². The zero-order valence-electron chi connectivity index (χ0n) is 10.7. The van der Waals surface area contributed by atoms with Crippen LogP contribution in [0.25, 0.3) is 0 Å². The molecule has 1 saturated heterocycles. The Morgan fingerprint density at radius 2 is 2.28 bits per heavy atom. The Bertz CT molecular complexity index is 393. The van der Waals surface area contributed by atoms with E-state index in [4.69, 9.17) is 16.3 Å². The summed E-state index contributed by atoms with van der Waals surface area (Å²) < 4.78 is 6.86. The van der Waals surface area contributed by atoms with Crippen LogP contribution in [0.1, 0.15) is 24.8 Å². The normalized spacial score (nSPS) is 19.8. The van der Waals surface area contributed by atoms with Crippen LogP contribution >= 0.6 is 27.5 Å². The minimum absolute atomic E-state index is 0.357. The molecule has 100 valence electrons. The van der Waals surface area contributed by atoms with Gasteiger partial charge in [-0.25, -0.2) is 0 Å². The van der Waals surface area contributed by atoms with Crippen LogP contribution < -0.4 is 4.90 Å². The number of rotatable bonds is 4. The van der Waals surface area contributed by atoms with Gasteiger partial charge in [-0.15, -0.1) is 11.6 Å². The Kier molecular flexibility index (Phi) is 5.34. The Balaban J connectivity index is 2.05. The Morgan fingerprint density at radius 1 is 1.44 bits per heavy atom. The lowest BCUT2D eigenvalue weighted by Crippen LogP contribution is -2.33. The molecule has 1 aliphatic heterocycles. The third-order valence-electron chi connectivity index (χ3n) is 3.35. The van der Waals surface area contributed by atoms with Gasteiger partial charge in [0.25, 0.3) is 0 Å². The van der Waals surface area contributed by atoms with Gasteiger partial charge in [0.1, 0.15) is 0 Å². The topological polar surface area (TPSA) is 12.5 Å². The van der Waals surface area contributed by atoms with E-state index in [1.807, 2.05) is 0 Å². The lowest BCUT2D eigenvalue weighted by molar-refractivity contribution is 0.0216. The van der Waals surface area contributed by atoms with Crippen LogP contribution in [-0.4, -0.2) is 26.3 Å². The van der Waals surface area contributed by atoms with E-state index in [9.17, 15) is 0 Å². The largest absolute Gasteiger partial charge is 0.376 e. The van der Waals surface area contributed by atoms with Crippen LogP contribution in [0, 0.1) is 0 Å². The summed E-state index contributed by atoms with van der Waals surface area (Å²) in [6.45, 7) is 1.84. The first-order valence-corrected chi connectivity index (χ1v) is 7.70. The Hall–Kier alpha value is -0.250. The molecular weight excluding hydrogens is 314 g/mol. The predicted molar refractivity (Wildman–Crippen MR) is 80.6 cm³/mol. The molecule has 0 N–H and O–H groups in total. The smallest absolute Gasteiger partial charge is 0.0749 e. The minimum Gasteiger partial charge on any atom is -0.376 e. The second-order valence-corrected chi connectivity index (χ2v) is 5.96. The summed E-state index contributed by atoms with van der Waals surface area (Å²) >= 11 is 9.50. The average molecular weight is 333 g/mol. The lowest BCUT2D eigenvalue weighted by atomic mass is 10.1. The van der Waals surface area contributed by atoms with E-state index < -0.39 is 0 Å². The molecule has 18 heavy (non-hydrogen) atoms. The summed E-state index contributed by atoms with van der Waals surface area (Å²) in [6, 6.07) is 6.26. The first-order valence-electron chi connectivity index (χ1n) is 6.38. The first kappa shape index (κ1) is 14.2. The van der Waals surface area contributed by atoms with Crippen molar-refractivity contribution in [3.63, 3.8) is 0 Å². The van der Waals surface area contributed by atoms with Crippen molar-refractivity contribution in [1.29, 1.82) is 0 Å². The molecule has 0 amide bonds. The fraction of sp³-hybridized carbons (Fsp3) is 0.571. The monoisotopic (exact) mass is 331 g/mol. The summed E-state index contributed by atoms with van der Waals surface area (Å²) in [5, 5.41) is 0. The molecule has 0 aromatic heterocycles. The van der Waals surface area contributed by atoms with Crippen molar-refractivity contribution >= 4 is 33.2 Å². The van der Waals surface area contributed by atoms with Gasteiger partial charge in [0, 0.05) is 36.2 Å². The van der Waals surface area contributed by atoms with Crippen molar-refractivity contribution < 1.29 is 4.74 Å². The Morgan fingerprint density at radius 3 is 2.94 bits per heavy atom. The van der Waals surface area contributed by atoms with Gasteiger partial charge in [-0.2, -0.15) is 0 Å². The highest BCUT2D eigenvalue weighted by molar-refractivity contribution is 9.10. The number of anilines is 1. The van der Waals surface area contributed by atoms with E-state index in [0.29, 0.717) is 12.0 Å². The van der Waals surface area contributed by atoms with Crippen LogP contribution in [0.2, 0.25) is 0 Å². The number of alkyl halides is 1. The summed E-state index contributed by atoms with van der Waals surface area (Å²) in [6.07, 6.45) is 4.00. The van der Waals surface area contributed by atoms with E-state index in [1.54, 1.807) is 0 Å². The molecular formula is C14H19BrClNO. The molecule has 0 radical (unpaired) electrons. The molecule has 1 atom stereocenters. The molecule has 1 aliphatic rings. The van der Waals surface area contributed by atoms with Gasteiger partial charge >= 0.3 is 0 Å². The average Bonchev–Trinajstić information content (AvgIpc) is 2.39. The highest BCUT2D eigenvalue weighted by Crippen LogP contribution is 2.26. The maximum absolute atomic E-state index is 6.01. The van der Waals surface area contributed by atoms with E-state index in [-0.39, 0.29) is 0 Å². The van der Waals surface area contributed by atoms with Crippen molar-refractivity contribution in [2.75, 3.05) is 25.1 Å². The van der Waals surface area contributed by atoms with Gasteiger partial charge in [0.15, 0.2) is 0 Å². The summed E-state index contributed by atoms with van der Waals surface area (Å²) in [7, 11) is 2.11. The van der Waals surface area contributed by atoms with Crippen LogP contribution in [-0.2, 0) is 10.6 Å². The second kappa shape index (κ2) is 6.78. The van der Waals surface area contributed by atoms with Crippen molar-refractivity contribution in [1.82, 2.24) is 0 Å². The van der Waals surface area contributed by atoms with Crippen molar-refractivity contribution in [2.24, 2.45) is 0 Å². The molecule has 2 rings (SSSR count). The van der Waals surface area contributed by atoms with Gasteiger partial charge in [-0.1, -0.05) is 15.9 Å². The van der Waals surface area contributed by atoms with Crippen LogP contribution in [0.4, 0.5) is 5.69 Å². The van der Waals surface area contributed by atoms with Gasteiger partial charge in [0.05, 0.1) is 6.10 Å². The zero-order chi connectivity index (χ0) is 13.0. The molecule has 0 aliphatic carbocycles. The van der Waals surface area contributed by atoms with Crippen LogP contribution in [0.5, 0.6) is 0 Å². The molecule has 1 heterocycles. The number of likely N-dealkylation sites (N-methyl/N-ethyl adjacent to an activating group) is 1. The van der Waals surface area contributed by atoms with Crippen LogP contribution in [0.15, 0.2) is 22.7 Å². The molecule has 1 aromatic rings. The third-order valence-corrected chi connectivity index (χ3v) is 4.13. The molecule has 1 fully saturated rings. The van der Waals surface area contributed by atoms with Gasteiger partial charge < -0.3 is 9.64 Å². The minimum atomic E-state index is 0.357. The number of hydrogen-bond donors (Lipinski definition) is 0. The lowest BCUT2D eigenvalue weighted by Gasteiger charge is -2.29. The van der Waals surface area contributed by atoms with Crippen LogP contribution in [0.3, 0.4) is 0 Å². The predicted octanol–water partition coefficient (Wildman–Crippen LogP) is 4.19. The molecule has 0 saturated carbocycles. The first-order chi connectivity index (χ1) is 8.70. The fourth-order valence-corrected chi connectivity index (χ4v) is 3.01. The maximum atomic E-state index is 6.01. The zero-order valence-corrected chi connectivity index (χ0v) is 13.0. The second-order valence-electron chi connectivity index (χ2n) is 4.78. The molecule has 4 heteroatoms. The van der Waals surface area contributed by atoms with E-state index >= 15 is 0 Å². The highest BCUT2D eigenvalue weighted by Gasteiger charge is 2.17. The van der Waals surface area contributed by atoms with Crippen molar-refractivity contribution in [3.8, 4) is 0 Å². The Labute approximate surface area is 122 Å². The molecule has 2 nitrogen and oxygen atoms in total. The van der Waals surface area contributed by atoms with Gasteiger partial charge in [-0.3, -0.25) is 0 Å². The quantitative estimate of drug-likeness (QED) is 0.766. The number of halogens is 2. The number of benzene rings is 1. The van der Waals surface area contributed by atoms with E-state index in [1.165, 1.54) is 18.5 Å². The van der Waals surface area contributed by atoms with E-state index in [2.05, 4.69) is 46.1 Å².